The molecule has 5 rings (SSSR count). The largest absolute Gasteiger partial charge is 0.390 e. The molecule has 5 heteroatoms. The maximum absolute atomic E-state index is 10.6. The van der Waals surface area contributed by atoms with Crippen LogP contribution in [0, 0.1) is 35.0 Å². The van der Waals surface area contributed by atoms with Gasteiger partial charge in [-0.1, -0.05) is 13.8 Å². The van der Waals surface area contributed by atoms with Crippen molar-refractivity contribution >= 4 is 10.9 Å². The van der Waals surface area contributed by atoms with E-state index in [1.807, 2.05) is 29.3 Å². The Morgan fingerprint density at radius 1 is 1.09 bits per heavy atom. The van der Waals surface area contributed by atoms with Crippen LogP contribution in [0.4, 0.5) is 0 Å². The third kappa shape index (κ3) is 4.73. The standard InChI is InChI=1S/C28H43N3O2/c1-19(33-14-13-31-26-18-29-12-9-21(26)17-30-31)15-25-24-6-5-20-16-28(4,32)11-8-22(20)23(24)7-10-27(25,2)3/h9,12,17-20,22-25,32H,5-8,10-11,13-16H2,1-4H3/t19?,20-,22+,23-,24-,25+,28-/m1/s1. The Morgan fingerprint density at radius 2 is 1.91 bits per heavy atom. The van der Waals surface area contributed by atoms with Crippen LogP contribution in [0.1, 0.15) is 79.1 Å². The average molecular weight is 454 g/mol. The lowest BCUT2D eigenvalue weighted by atomic mass is 9.49. The molecule has 7 atom stereocenters. The van der Waals surface area contributed by atoms with E-state index in [1.54, 1.807) is 0 Å². The Hall–Kier alpha value is -1.46. The van der Waals surface area contributed by atoms with Crippen molar-refractivity contribution in [3.05, 3.63) is 24.7 Å². The summed E-state index contributed by atoms with van der Waals surface area (Å²) < 4.78 is 8.37. The molecule has 3 saturated carbocycles. The van der Waals surface area contributed by atoms with E-state index in [-0.39, 0.29) is 6.10 Å². The molecule has 182 valence electrons. The van der Waals surface area contributed by atoms with Crippen LogP contribution in [0.15, 0.2) is 24.7 Å². The molecule has 0 amide bonds. The molecular formula is C28H43N3O2. The summed E-state index contributed by atoms with van der Waals surface area (Å²) in [4.78, 5) is 4.24. The van der Waals surface area contributed by atoms with Gasteiger partial charge in [-0.3, -0.25) is 9.67 Å². The Kier molecular flexibility index (Phi) is 6.32. The Balaban J connectivity index is 1.20. The first-order valence-electron chi connectivity index (χ1n) is 13.3. The quantitative estimate of drug-likeness (QED) is 0.595. The van der Waals surface area contributed by atoms with Gasteiger partial charge in [-0.25, -0.2) is 0 Å². The number of hydrogen-bond donors (Lipinski definition) is 1. The van der Waals surface area contributed by atoms with E-state index in [9.17, 15) is 5.11 Å². The second-order valence-electron chi connectivity index (χ2n) is 12.4. The fourth-order valence-corrected chi connectivity index (χ4v) is 7.93. The Bertz CT molecular complexity index is 952. The van der Waals surface area contributed by atoms with Crippen LogP contribution < -0.4 is 0 Å². The molecule has 0 aromatic carbocycles. The molecule has 33 heavy (non-hydrogen) atoms. The molecule has 3 aliphatic rings. The SMILES string of the molecule is CC(C[C@H]1[C@@H]2CC[C@@H]3C[C@](C)(O)CC[C@@H]3[C@H]2CCC1(C)C)OCCn1ncc2ccncc21. The summed E-state index contributed by atoms with van der Waals surface area (Å²) in [5, 5.41) is 16.3. The molecule has 3 aliphatic carbocycles. The van der Waals surface area contributed by atoms with E-state index in [2.05, 4.69) is 37.8 Å². The second kappa shape index (κ2) is 8.96. The van der Waals surface area contributed by atoms with Gasteiger partial charge in [-0.15, -0.1) is 0 Å². The highest BCUT2D eigenvalue weighted by atomic mass is 16.5. The number of fused-ring (bicyclic) bond motifs is 4. The van der Waals surface area contributed by atoms with E-state index in [0.717, 1.165) is 66.3 Å². The first-order valence-corrected chi connectivity index (χ1v) is 13.3. The van der Waals surface area contributed by atoms with Gasteiger partial charge in [0.15, 0.2) is 0 Å². The van der Waals surface area contributed by atoms with Crippen molar-refractivity contribution < 1.29 is 9.84 Å². The minimum atomic E-state index is -0.431. The van der Waals surface area contributed by atoms with Crippen molar-refractivity contribution in [3.8, 4) is 0 Å². The number of aromatic nitrogens is 3. The van der Waals surface area contributed by atoms with Gasteiger partial charge in [0.05, 0.1) is 42.8 Å². The van der Waals surface area contributed by atoms with Crippen molar-refractivity contribution in [2.45, 2.75) is 97.3 Å². The summed E-state index contributed by atoms with van der Waals surface area (Å²) in [5.74, 6) is 3.98. The molecule has 0 bridgehead atoms. The number of rotatable bonds is 6. The van der Waals surface area contributed by atoms with Crippen LogP contribution in [0.5, 0.6) is 0 Å². The van der Waals surface area contributed by atoms with Gasteiger partial charge < -0.3 is 9.84 Å². The Morgan fingerprint density at radius 3 is 2.76 bits per heavy atom. The van der Waals surface area contributed by atoms with E-state index in [0.29, 0.717) is 12.0 Å². The molecule has 1 N–H and O–H groups in total. The summed E-state index contributed by atoms with van der Waals surface area (Å²) in [6.45, 7) is 10.8. The van der Waals surface area contributed by atoms with Gasteiger partial charge in [-0.05, 0) is 106 Å². The highest BCUT2D eigenvalue weighted by Crippen LogP contribution is 2.59. The van der Waals surface area contributed by atoms with Gasteiger partial charge in [0, 0.05) is 11.6 Å². The first kappa shape index (κ1) is 23.3. The second-order valence-corrected chi connectivity index (χ2v) is 12.4. The van der Waals surface area contributed by atoms with Crippen molar-refractivity contribution in [2.75, 3.05) is 6.61 Å². The highest BCUT2D eigenvalue weighted by Gasteiger charge is 2.52. The fraction of sp³-hybridized carbons (Fsp3) is 0.786. The minimum absolute atomic E-state index is 0.262. The van der Waals surface area contributed by atoms with E-state index < -0.39 is 5.60 Å². The summed E-state index contributed by atoms with van der Waals surface area (Å²) in [6.07, 6.45) is 15.6. The maximum Gasteiger partial charge on any atom is 0.0866 e. The number of aliphatic hydroxyl groups is 1. The zero-order valence-corrected chi connectivity index (χ0v) is 21.0. The number of nitrogens with zero attached hydrogens (tertiary/aromatic N) is 3. The van der Waals surface area contributed by atoms with E-state index in [1.165, 1.54) is 32.1 Å². The van der Waals surface area contributed by atoms with Gasteiger partial charge in [0.1, 0.15) is 0 Å². The zero-order valence-electron chi connectivity index (χ0n) is 21.0. The molecular weight excluding hydrogens is 410 g/mol. The van der Waals surface area contributed by atoms with Crippen molar-refractivity contribution in [1.29, 1.82) is 0 Å². The third-order valence-electron chi connectivity index (χ3n) is 9.68. The van der Waals surface area contributed by atoms with Crippen LogP contribution in [0.25, 0.3) is 10.9 Å². The average Bonchev–Trinajstić information content (AvgIpc) is 3.18. The third-order valence-corrected chi connectivity index (χ3v) is 9.68. The van der Waals surface area contributed by atoms with Crippen LogP contribution in [-0.4, -0.2) is 38.2 Å². The smallest absolute Gasteiger partial charge is 0.0866 e. The fourth-order valence-electron chi connectivity index (χ4n) is 7.93. The summed E-state index contributed by atoms with van der Waals surface area (Å²) in [6, 6.07) is 2.01. The molecule has 1 unspecified atom stereocenters. The van der Waals surface area contributed by atoms with Crippen molar-refractivity contribution in [3.63, 3.8) is 0 Å². The maximum atomic E-state index is 10.6. The monoisotopic (exact) mass is 453 g/mol. The molecule has 0 radical (unpaired) electrons. The first-order chi connectivity index (χ1) is 15.7. The summed E-state index contributed by atoms with van der Waals surface area (Å²) in [5.41, 5.74) is 1.03. The molecule has 0 saturated heterocycles. The predicted octanol–water partition coefficient (Wildman–Crippen LogP) is 5.86. The Labute approximate surface area is 199 Å². The highest BCUT2D eigenvalue weighted by molar-refractivity contribution is 5.77. The molecule has 5 nitrogen and oxygen atoms in total. The van der Waals surface area contributed by atoms with Crippen LogP contribution in [0.3, 0.4) is 0 Å². The topological polar surface area (TPSA) is 60.2 Å². The molecule has 2 aromatic heterocycles. The molecule has 2 aromatic rings. The molecule has 3 fully saturated rings. The lowest BCUT2D eigenvalue weighted by molar-refractivity contribution is -0.107. The van der Waals surface area contributed by atoms with Crippen molar-refractivity contribution in [2.24, 2.45) is 35.0 Å². The van der Waals surface area contributed by atoms with Gasteiger partial charge >= 0.3 is 0 Å². The minimum Gasteiger partial charge on any atom is -0.390 e. The number of pyridine rings is 1. The lowest BCUT2D eigenvalue weighted by Crippen LogP contribution is -2.50. The predicted molar refractivity (Wildman–Crippen MR) is 132 cm³/mol. The van der Waals surface area contributed by atoms with Crippen LogP contribution in [0.2, 0.25) is 0 Å². The lowest BCUT2D eigenvalue weighted by Gasteiger charge is -2.57. The van der Waals surface area contributed by atoms with Crippen molar-refractivity contribution in [1.82, 2.24) is 14.8 Å². The van der Waals surface area contributed by atoms with E-state index in [4.69, 9.17) is 4.74 Å². The van der Waals surface area contributed by atoms with Crippen LogP contribution >= 0.6 is 0 Å². The molecule has 2 heterocycles. The molecule has 0 aliphatic heterocycles. The normalized spacial score (nSPS) is 36.8. The summed E-state index contributed by atoms with van der Waals surface area (Å²) >= 11 is 0. The zero-order chi connectivity index (χ0) is 23.2. The van der Waals surface area contributed by atoms with E-state index >= 15 is 0 Å². The number of ether oxygens (including phenoxy) is 1. The molecule has 0 spiro atoms. The number of hydrogen-bond acceptors (Lipinski definition) is 4. The van der Waals surface area contributed by atoms with Gasteiger partial charge in [-0.2, -0.15) is 5.10 Å². The summed E-state index contributed by atoms with van der Waals surface area (Å²) in [7, 11) is 0. The van der Waals surface area contributed by atoms with Gasteiger partial charge in [0.25, 0.3) is 0 Å². The van der Waals surface area contributed by atoms with Gasteiger partial charge in [0.2, 0.25) is 0 Å². The van der Waals surface area contributed by atoms with Crippen LogP contribution in [-0.2, 0) is 11.3 Å².